The Morgan fingerprint density at radius 1 is 1.24 bits per heavy atom. The molecule has 0 spiro atoms. The lowest BCUT2D eigenvalue weighted by molar-refractivity contribution is -0.149. The highest BCUT2D eigenvalue weighted by molar-refractivity contribution is 6.41. The van der Waals surface area contributed by atoms with Crippen molar-refractivity contribution in [2.24, 2.45) is 5.73 Å². The van der Waals surface area contributed by atoms with E-state index in [0.29, 0.717) is 5.69 Å². The van der Waals surface area contributed by atoms with Gasteiger partial charge >= 0.3 is 11.8 Å². The molecule has 6 heteroatoms. The molecule has 0 atom stereocenters. The molecule has 0 saturated heterocycles. The van der Waals surface area contributed by atoms with E-state index in [0.717, 1.165) is 10.5 Å². The predicted octanol–water partition coefficient (Wildman–Crippen LogP) is 1.08. The molecule has 1 aromatic rings. The average molecular weight is 291 g/mol. The third-order valence-corrected chi connectivity index (χ3v) is 3.00. The molecule has 0 aliphatic heterocycles. The summed E-state index contributed by atoms with van der Waals surface area (Å²) in [4.78, 5) is 36.2. The molecule has 0 saturated carbocycles. The number of hydrogen-bond donors (Lipinski definition) is 2. The molecule has 0 unspecified atom stereocenters. The second-order valence-electron chi connectivity index (χ2n) is 4.96. The van der Waals surface area contributed by atoms with E-state index in [2.05, 4.69) is 5.32 Å². The molecule has 6 nitrogen and oxygen atoms in total. The maximum absolute atomic E-state index is 12.0. The van der Waals surface area contributed by atoms with E-state index >= 15 is 0 Å². The number of benzene rings is 1. The fourth-order valence-electron chi connectivity index (χ4n) is 1.94. The van der Waals surface area contributed by atoms with Gasteiger partial charge in [-0.2, -0.15) is 0 Å². The van der Waals surface area contributed by atoms with Gasteiger partial charge in [-0.15, -0.1) is 0 Å². The molecule has 0 heterocycles. The molecular formula is C15H21N3O3. The molecule has 3 amide bonds. The summed E-state index contributed by atoms with van der Waals surface area (Å²) in [5.74, 6) is -2.04. The molecule has 0 radical (unpaired) electrons. The Kier molecular flexibility index (Phi) is 6.05. The minimum atomic E-state index is -0.897. The first-order valence-corrected chi connectivity index (χ1v) is 6.80. The quantitative estimate of drug-likeness (QED) is 0.812. The first-order chi connectivity index (χ1) is 9.88. The van der Waals surface area contributed by atoms with Crippen LogP contribution in [-0.2, 0) is 14.4 Å². The summed E-state index contributed by atoms with van der Waals surface area (Å²) in [5.41, 5.74) is 6.84. The summed E-state index contributed by atoms with van der Waals surface area (Å²) < 4.78 is 0. The number of rotatable bonds is 4. The Bertz CT molecular complexity index is 541. The number of nitrogens with zero attached hydrogens (tertiary/aromatic N) is 1. The highest BCUT2D eigenvalue weighted by Crippen LogP contribution is 2.23. The Morgan fingerprint density at radius 3 is 2.38 bits per heavy atom. The summed E-state index contributed by atoms with van der Waals surface area (Å²) in [6.45, 7) is 5.34. The zero-order valence-electron chi connectivity index (χ0n) is 12.6. The Hall–Kier alpha value is -2.21. The molecule has 114 valence electrons. The monoisotopic (exact) mass is 291 g/mol. The minimum Gasteiger partial charge on any atom is -0.329 e. The van der Waals surface area contributed by atoms with Crippen molar-refractivity contribution in [1.82, 2.24) is 4.90 Å². The van der Waals surface area contributed by atoms with E-state index in [-0.39, 0.29) is 19.0 Å². The Labute approximate surface area is 124 Å². The molecule has 0 aromatic heterocycles. The third kappa shape index (κ3) is 4.39. The number of nitrogens with two attached hydrogens (primary N) is 1. The van der Waals surface area contributed by atoms with E-state index < -0.39 is 17.7 Å². The van der Waals surface area contributed by atoms with Gasteiger partial charge in [-0.1, -0.05) is 32.0 Å². The van der Waals surface area contributed by atoms with Crippen LogP contribution in [0.5, 0.6) is 0 Å². The zero-order chi connectivity index (χ0) is 16.0. The minimum absolute atomic E-state index is 0.0212. The van der Waals surface area contributed by atoms with Gasteiger partial charge in [0.1, 0.15) is 0 Å². The van der Waals surface area contributed by atoms with Crippen molar-refractivity contribution in [2.45, 2.75) is 26.7 Å². The first-order valence-electron chi connectivity index (χ1n) is 6.80. The maximum Gasteiger partial charge on any atom is 0.318 e. The highest BCUT2D eigenvalue weighted by Gasteiger charge is 2.25. The highest BCUT2D eigenvalue weighted by atomic mass is 16.2. The van der Waals surface area contributed by atoms with Crippen LogP contribution in [0.1, 0.15) is 32.3 Å². The van der Waals surface area contributed by atoms with Gasteiger partial charge < -0.3 is 11.1 Å². The molecule has 0 fully saturated rings. The van der Waals surface area contributed by atoms with E-state index in [4.69, 9.17) is 5.73 Å². The van der Waals surface area contributed by atoms with Gasteiger partial charge in [0.2, 0.25) is 5.91 Å². The van der Waals surface area contributed by atoms with Gasteiger partial charge in [-0.05, 0) is 17.5 Å². The molecule has 21 heavy (non-hydrogen) atoms. The molecule has 3 N–H and O–H groups in total. The van der Waals surface area contributed by atoms with Crippen molar-refractivity contribution >= 4 is 23.4 Å². The average Bonchev–Trinajstić information content (AvgIpc) is 2.44. The maximum atomic E-state index is 12.0. The second kappa shape index (κ2) is 7.54. The van der Waals surface area contributed by atoms with Crippen LogP contribution < -0.4 is 11.1 Å². The summed E-state index contributed by atoms with van der Waals surface area (Å²) in [7, 11) is 0. The SMILES string of the molecule is CC(=O)N(CCN)C(=O)C(=O)Nc1ccccc1C(C)C. The normalized spacial score (nSPS) is 10.3. The summed E-state index contributed by atoms with van der Waals surface area (Å²) in [6.07, 6.45) is 0. The molecule has 0 aliphatic rings. The van der Waals surface area contributed by atoms with Crippen LogP contribution in [0.2, 0.25) is 0 Å². The lowest BCUT2D eigenvalue weighted by Crippen LogP contribution is -2.44. The van der Waals surface area contributed by atoms with Crippen molar-refractivity contribution in [1.29, 1.82) is 0 Å². The second-order valence-corrected chi connectivity index (χ2v) is 4.96. The van der Waals surface area contributed by atoms with Crippen LogP contribution in [0.3, 0.4) is 0 Å². The van der Waals surface area contributed by atoms with Gasteiger partial charge in [-0.25, -0.2) is 0 Å². The zero-order valence-corrected chi connectivity index (χ0v) is 12.6. The number of carbonyl (C=O) groups is 3. The van der Waals surface area contributed by atoms with E-state index in [9.17, 15) is 14.4 Å². The third-order valence-electron chi connectivity index (χ3n) is 3.00. The molecular weight excluding hydrogens is 270 g/mol. The van der Waals surface area contributed by atoms with Crippen LogP contribution in [0, 0.1) is 0 Å². The van der Waals surface area contributed by atoms with Crippen molar-refractivity contribution in [2.75, 3.05) is 18.4 Å². The van der Waals surface area contributed by atoms with Gasteiger partial charge in [0.25, 0.3) is 0 Å². The van der Waals surface area contributed by atoms with Crippen LogP contribution in [0.4, 0.5) is 5.69 Å². The van der Waals surface area contributed by atoms with Crippen molar-refractivity contribution in [3.8, 4) is 0 Å². The van der Waals surface area contributed by atoms with Crippen molar-refractivity contribution in [3.63, 3.8) is 0 Å². The molecule has 0 aliphatic carbocycles. The summed E-state index contributed by atoms with van der Waals surface area (Å²) in [6, 6.07) is 7.24. The van der Waals surface area contributed by atoms with Gasteiger partial charge in [0.05, 0.1) is 0 Å². The summed E-state index contributed by atoms with van der Waals surface area (Å²) >= 11 is 0. The van der Waals surface area contributed by atoms with Gasteiger partial charge in [0, 0.05) is 25.7 Å². The number of carbonyl (C=O) groups excluding carboxylic acids is 3. The largest absolute Gasteiger partial charge is 0.329 e. The Balaban J connectivity index is 2.90. The molecule has 0 bridgehead atoms. The lowest BCUT2D eigenvalue weighted by Gasteiger charge is -2.18. The fourth-order valence-corrected chi connectivity index (χ4v) is 1.94. The standard InChI is InChI=1S/C15H21N3O3/c1-10(2)12-6-4-5-7-13(12)17-14(20)15(21)18(9-8-16)11(3)19/h4-7,10H,8-9,16H2,1-3H3,(H,17,20). The lowest BCUT2D eigenvalue weighted by atomic mass is 10.0. The fraction of sp³-hybridized carbons (Fsp3) is 0.400. The van der Waals surface area contributed by atoms with Crippen LogP contribution in [0.15, 0.2) is 24.3 Å². The van der Waals surface area contributed by atoms with Crippen molar-refractivity contribution in [3.05, 3.63) is 29.8 Å². The van der Waals surface area contributed by atoms with Crippen LogP contribution in [0.25, 0.3) is 0 Å². The molecule has 1 aromatic carbocycles. The number of para-hydroxylation sites is 1. The molecule has 1 rings (SSSR count). The van der Waals surface area contributed by atoms with E-state index in [1.54, 1.807) is 12.1 Å². The van der Waals surface area contributed by atoms with E-state index in [1.807, 2.05) is 26.0 Å². The topological polar surface area (TPSA) is 92.5 Å². The number of hydrogen-bond acceptors (Lipinski definition) is 4. The van der Waals surface area contributed by atoms with Crippen molar-refractivity contribution < 1.29 is 14.4 Å². The Morgan fingerprint density at radius 2 is 1.86 bits per heavy atom. The number of amides is 3. The first kappa shape index (κ1) is 16.8. The number of imide groups is 1. The summed E-state index contributed by atoms with van der Waals surface area (Å²) in [5, 5.41) is 2.56. The van der Waals surface area contributed by atoms with Crippen LogP contribution >= 0.6 is 0 Å². The van der Waals surface area contributed by atoms with Gasteiger partial charge in [-0.3, -0.25) is 19.3 Å². The number of nitrogens with one attached hydrogen (secondary N) is 1. The predicted molar refractivity (Wildman–Crippen MR) is 80.6 cm³/mol. The smallest absolute Gasteiger partial charge is 0.318 e. The van der Waals surface area contributed by atoms with Gasteiger partial charge in [0.15, 0.2) is 0 Å². The van der Waals surface area contributed by atoms with Crippen LogP contribution in [-0.4, -0.2) is 35.7 Å². The number of anilines is 1. The van der Waals surface area contributed by atoms with E-state index in [1.165, 1.54) is 6.92 Å².